The van der Waals surface area contributed by atoms with E-state index in [1.165, 1.54) is 19.3 Å². The van der Waals surface area contributed by atoms with Crippen LogP contribution in [0.4, 0.5) is 0 Å². The number of rotatable bonds is 2. The van der Waals surface area contributed by atoms with Gasteiger partial charge in [0, 0.05) is 5.92 Å². The Hall–Kier alpha value is -0.0400. The summed E-state index contributed by atoms with van der Waals surface area (Å²) < 4.78 is 0. The van der Waals surface area contributed by atoms with Crippen molar-refractivity contribution in [3.05, 3.63) is 0 Å². The molecule has 2 bridgehead atoms. The van der Waals surface area contributed by atoms with Gasteiger partial charge in [-0.15, -0.1) is 11.6 Å². The molecule has 0 N–H and O–H groups in total. The molecule has 0 amide bonds. The predicted molar refractivity (Wildman–Crippen MR) is 44.7 cm³/mol. The zero-order chi connectivity index (χ0) is 7.84. The van der Waals surface area contributed by atoms with Crippen molar-refractivity contribution in [2.45, 2.75) is 25.7 Å². The van der Waals surface area contributed by atoms with Gasteiger partial charge < -0.3 is 0 Å². The first-order valence-corrected chi connectivity index (χ1v) is 4.93. The van der Waals surface area contributed by atoms with Crippen molar-refractivity contribution < 1.29 is 4.79 Å². The first-order chi connectivity index (χ1) is 5.31. The smallest absolute Gasteiger partial charge is 0.150 e. The van der Waals surface area contributed by atoms with Crippen LogP contribution in [0.15, 0.2) is 0 Å². The molecule has 0 aromatic rings. The van der Waals surface area contributed by atoms with E-state index in [1.807, 2.05) is 0 Å². The van der Waals surface area contributed by atoms with Crippen molar-refractivity contribution in [3.63, 3.8) is 0 Å². The van der Waals surface area contributed by atoms with Gasteiger partial charge in [0.15, 0.2) is 5.78 Å². The molecule has 0 aromatic carbocycles. The minimum Gasteiger partial charge on any atom is -0.298 e. The van der Waals surface area contributed by atoms with Crippen molar-refractivity contribution in [1.82, 2.24) is 0 Å². The van der Waals surface area contributed by atoms with Gasteiger partial charge in [0.25, 0.3) is 0 Å². The zero-order valence-electron chi connectivity index (χ0n) is 6.55. The van der Waals surface area contributed by atoms with Gasteiger partial charge in [-0.25, -0.2) is 0 Å². The fraction of sp³-hybridized carbons (Fsp3) is 0.889. The van der Waals surface area contributed by atoms with Crippen molar-refractivity contribution in [2.24, 2.45) is 17.8 Å². The molecule has 2 fully saturated rings. The number of Topliss-reactive ketones (excluding diaryl/α,β-unsaturated/α-hetero) is 1. The molecule has 2 rings (SSSR count). The molecule has 2 saturated carbocycles. The van der Waals surface area contributed by atoms with E-state index in [9.17, 15) is 4.79 Å². The van der Waals surface area contributed by atoms with Crippen LogP contribution in [0, 0.1) is 17.8 Å². The number of fused-ring (bicyclic) bond motifs is 2. The fourth-order valence-electron chi connectivity index (χ4n) is 2.74. The molecule has 11 heavy (non-hydrogen) atoms. The Bertz CT molecular complexity index is 178. The van der Waals surface area contributed by atoms with Crippen LogP contribution in [0.1, 0.15) is 25.7 Å². The summed E-state index contributed by atoms with van der Waals surface area (Å²) in [6.07, 6.45) is 5.07. The monoisotopic (exact) mass is 172 g/mol. The lowest BCUT2D eigenvalue weighted by molar-refractivity contribution is -0.121. The first-order valence-electron chi connectivity index (χ1n) is 4.40. The number of carbonyl (C=O) groups is 1. The average molecular weight is 173 g/mol. The Kier molecular flexibility index (Phi) is 1.92. The molecular weight excluding hydrogens is 160 g/mol. The van der Waals surface area contributed by atoms with Crippen molar-refractivity contribution in [1.29, 1.82) is 0 Å². The van der Waals surface area contributed by atoms with Crippen molar-refractivity contribution in [3.8, 4) is 0 Å². The van der Waals surface area contributed by atoms with Crippen LogP contribution in [0.5, 0.6) is 0 Å². The second-order valence-corrected chi connectivity index (χ2v) is 4.15. The van der Waals surface area contributed by atoms with Crippen LogP contribution in [0.25, 0.3) is 0 Å². The summed E-state index contributed by atoms with van der Waals surface area (Å²) >= 11 is 5.52. The third kappa shape index (κ3) is 1.20. The second kappa shape index (κ2) is 2.78. The molecule has 2 heteroatoms. The van der Waals surface area contributed by atoms with Crippen LogP contribution in [-0.2, 0) is 4.79 Å². The lowest BCUT2D eigenvalue weighted by Gasteiger charge is -2.18. The van der Waals surface area contributed by atoms with E-state index in [4.69, 9.17) is 11.6 Å². The van der Waals surface area contributed by atoms with Crippen molar-refractivity contribution in [2.75, 3.05) is 5.88 Å². The van der Waals surface area contributed by atoms with E-state index in [2.05, 4.69) is 0 Å². The quantitative estimate of drug-likeness (QED) is 0.584. The van der Waals surface area contributed by atoms with E-state index < -0.39 is 0 Å². The third-order valence-corrected chi connectivity index (χ3v) is 3.55. The largest absolute Gasteiger partial charge is 0.298 e. The van der Waals surface area contributed by atoms with E-state index in [0.29, 0.717) is 17.6 Å². The Morgan fingerprint density at radius 2 is 2.18 bits per heavy atom. The highest BCUT2D eigenvalue weighted by atomic mass is 35.5. The van der Waals surface area contributed by atoms with Gasteiger partial charge in [0.1, 0.15) is 0 Å². The number of ketones is 1. The summed E-state index contributed by atoms with van der Waals surface area (Å²) in [5.41, 5.74) is 0. The predicted octanol–water partition coefficient (Wildman–Crippen LogP) is 2.23. The zero-order valence-corrected chi connectivity index (χ0v) is 7.31. The molecule has 0 heterocycles. The SMILES string of the molecule is O=C(CCl)[C@@H]1C[C@@H]2CC[C@@H]1C2. The number of halogens is 1. The molecule has 0 spiro atoms. The van der Waals surface area contributed by atoms with Gasteiger partial charge in [-0.2, -0.15) is 0 Å². The summed E-state index contributed by atoms with van der Waals surface area (Å²) in [5, 5.41) is 0. The molecule has 3 atom stereocenters. The molecule has 0 aliphatic heterocycles. The van der Waals surface area contributed by atoms with E-state index >= 15 is 0 Å². The molecule has 0 saturated heterocycles. The maximum Gasteiger partial charge on any atom is 0.150 e. The first kappa shape index (κ1) is 7.60. The number of alkyl halides is 1. The van der Waals surface area contributed by atoms with Crippen LogP contribution >= 0.6 is 11.6 Å². The molecule has 2 aliphatic rings. The Balaban J connectivity index is 2.02. The Morgan fingerprint density at radius 1 is 1.36 bits per heavy atom. The van der Waals surface area contributed by atoms with Gasteiger partial charge in [0.2, 0.25) is 0 Å². The fourth-order valence-corrected chi connectivity index (χ4v) is 2.94. The van der Waals surface area contributed by atoms with Gasteiger partial charge in [-0.1, -0.05) is 6.42 Å². The summed E-state index contributed by atoms with van der Waals surface area (Å²) in [5.74, 6) is 2.42. The lowest BCUT2D eigenvalue weighted by atomic mass is 9.86. The summed E-state index contributed by atoms with van der Waals surface area (Å²) in [6, 6.07) is 0. The Labute approximate surface area is 72.1 Å². The molecular formula is C9H13ClO. The van der Waals surface area contributed by atoms with Gasteiger partial charge in [-0.05, 0) is 31.1 Å². The highest BCUT2D eigenvalue weighted by molar-refractivity contribution is 6.27. The van der Waals surface area contributed by atoms with Crippen LogP contribution < -0.4 is 0 Å². The van der Waals surface area contributed by atoms with Crippen LogP contribution in [0.2, 0.25) is 0 Å². The standard InChI is InChI=1S/C9H13ClO/c10-5-9(11)8-4-6-1-2-7(8)3-6/h6-8H,1-5H2/t6-,7-,8-/m1/s1. The summed E-state index contributed by atoms with van der Waals surface area (Å²) in [6.45, 7) is 0. The van der Waals surface area contributed by atoms with Crippen LogP contribution in [-0.4, -0.2) is 11.7 Å². The molecule has 0 unspecified atom stereocenters. The number of hydrogen-bond acceptors (Lipinski definition) is 1. The summed E-state index contributed by atoms with van der Waals surface area (Å²) in [4.78, 5) is 11.3. The summed E-state index contributed by atoms with van der Waals surface area (Å²) in [7, 11) is 0. The van der Waals surface area contributed by atoms with E-state index in [1.54, 1.807) is 0 Å². The second-order valence-electron chi connectivity index (χ2n) is 3.88. The maximum atomic E-state index is 11.3. The van der Waals surface area contributed by atoms with Gasteiger partial charge in [-0.3, -0.25) is 4.79 Å². The van der Waals surface area contributed by atoms with Crippen molar-refractivity contribution >= 4 is 17.4 Å². The van der Waals surface area contributed by atoms with Gasteiger partial charge in [0.05, 0.1) is 5.88 Å². The molecule has 0 radical (unpaired) electrons. The third-order valence-electron chi connectivity index (χ3n) is 3.28. The maximum absolute atomic E-state index is 11.3. The van der Waals surface area contributed by atoms with E-state index in [0.717, 1.165) is 12.3 Å². The normalized spacial score (nSPS) is 41.4. The molecule has 2 aliphatic carbocycles. The number of carbonyl (C=O) groups excluding carboxylic acids is 1. The highest BCUT2D eigenvalue weighted by Crippen LogP contribution is 2.48. The molecule has 1 nitrogen and oxygen atoms in total. The van der Waals surface area contributed by atoms with E-state index in [-0.39, 0.29) is 5.88 Å². The minimum absolute atomic E-state index is 0.230. The van der Waals surface area contributed by atoms with Gasteiger partial charge >= 0.3 is 0 Å². The topological polar surface area (TPSA) is 17.1 Å². The molecule has 0 aromatic heterocycles. The Morgan fingerprint density at radius 3 is 2.64 bits per heavy atom. The lowest BCUT2D eigenvalue weighted by Crippen LogP contribution is -2.21. The number of hydrogen-bond donors (Lipinski definition) is 0. The highest BCUT2D eigenvalue weighted by Gasteiger charge is 2.42. The molecule has 62 valence electrons. The van der Waals surface area contributed by atoms with Crippen LogP contribution in [0.3, 0.4) is 0 Å². The minimum atomic E-state index is 0.230. The average Bonchev–Trinajstić information content (AvgIpc) is 2.62.